The Morgan fingerprint density at radius 3 is 2.62 bits per heavy atom. The summed E-state index contributed by atoms with van der Waals surface area (Å²) in [7, 11) is 0. The highest BCUT2D eigenvalue weighted by Gasteiger charge is 2.46. The number of hydrogen-bond donors (Lipinski definition) is 2. The second-order valence-electron chi connectivity index (χ2n) is 4.46. The zero-order chi connectivity index (χ0) is 15.6. The number of amides is 1. The molecule has 1 aromatic heterocycles. The molecule has 112 valence electrons. The van der Waals surface area contributed by atoms with Crippen molar-refractivity contribution in [3.8, 4) is 0 Å². The van der Waals surface area contributed by atoms with E-state index in [0.717, 1.165) is 0 Å². The number of carbonyl (C=O) groups excluding carboxylic acids is 2. The van der Waals surface area contributed by atoms with Crippen molar-refractivity contribution in [2.75, 3.05) is 6.61 Å². The molecule has 0 aliphatic rings. The summed E-state index contributed by atoms with van der Waals surface area (Å²) in [6.45, 7) is 1.27. The largest absolute Gasteiger partial charge is 0.461 e. The van der Waals surface area contributed by atoms with E-state index in [-0.39, 0.29) is 12.2 Å². The van der Waals surface area contributed by atoms with E-state index in [1.807, 2.05) is 0 Å². The highest BCUT2D eigenvalue weighted by atomic mass is 19.3. The van der Waals surface area contributed by atoms with E-state index in [1.54, 1.807) is 24.3 Å². The lowest BCUT2D eigenvalue weighted by Crippen LogP contribution is -2.30. The molecule has 0 saturated carbocycles. The van der Waals surface area contributed by atoms with Crippen LogP contribution in [0.1, 0.15) is 18.2 Å². The second-order valence-corrected chi connectivity index (χ2v) is 4.46. The molecule has 5 nitrogen and oxygen atoms in total. The lowest BCUT2D eigenvalue weighted by Gasteiger charge is -2.15. The van der Waals surface area contributed by atoms with Crippen LogP contribution in [0.2, 0.25) is 0 Å². The number of halogens is 2. The van der Waals surface area contributed by atoms with Gasteiger partial charge in [-0.3, -0.25) is 4.79 Å². The Hall–Kier alpha value is -2.44. The summed E-state index contributed by atoms with van der Waals surface area (Å²) >= 11 is 0. The molecule has 2 aromatic rings. The standard InChI is InChI=1S/C14H14F2N2O3/c1-2-21-13(20)14(15,16)12-9(7-11(17)19)8-5-3-4-6-10(8)18-12/h3-6,18H,2,7H2,1H3,(H2,17,19). The van der Waals surface area contributed by atoms with Crippen LogP contribution in [-0.4, -0.2) is 23.5 Å². The quantitative estimate of drug-likeness (QED) is 0.826. The minimum atomic E-state index is -3.88. The van der Waals surface area contributed by atoms with Crippen LogP contribution < -0.4 is 5.73 Å². The van der Waals surface area contributed by atoms with Crippen molar-refractivity contribution < 1.29 is 23.1 Å². The van der Waals surface area contributed by atoms with Gasteiger partial charge in [-0.2, -0.15) is 8.78 Å². The van der Waals surface area contributed by atoms with Gasteiger partial charge in [0.15, 0.2) is 0 Å². The third kappa shape index (κ3) is 2.72. The van der Waals surface area contributed by atoms with Crippen molar-refractivity contribution in [3.63, 3.8) is 0 Å². The first kappa shape index (κ1) is 15.0. The number of alkyl halides is 2. The average Bonchev–Trinajstić information content (AvgIpc) is 2.78. The number of nitrogens with one attached hydrogen (secondary N) is 1. The third-order valence-electron chi connectivity index (χ3n) is 3.01. The van der Waals surface area contributed by atoms with Crippen LogP contribution in [0.15, 0.2) is 24.3 Å². The lowest BCUT2D eigenvalue weighted by molar-refractivity contribution is -0.173. The van der Waals surface area contributed by atoms with Gasteiger partial charge in [0.1, 0.15) is 5.69 Å². The van der Waals surface area contributed by atoms with Crippen molar-refractivity contribution in [2.45, 2.75) is 19.3 Å². The number of nitrogens with two attached hydrogens (primary N) is 1. The van der Waals surface area contributed by atoms with Gasteiger partial charge in [0.2, 0.25) is 5.91 Å². The van der Waals surface area contributed by atoms with E-state index in [2.05, 4.69) is 9.72 Å². The SMILES string of the molecule is CCOC(=O)C(F)(F)c1[nH]c2ccccc2c1CC(N)=O. The molecular weight excluding hydrogens is 282 g/mol. The van der Waals surface area contributed by atoms with Gasteiger partial charge in [-0.1, -0.05) is 18.2 Å². The smallest absolute Gasteiger partial charge is 0.383 e. The molecule has 3 N–H and O–H groups in total. The van der Waals surface area contributed by atoms with Crippen molar-refractivity contribution >= 4 is 22.8 Å². The molecule has 0 aliphatic carbocycles. The Morgan fingerprint density at radius 1 is 1.33 bits per heavy atom. The first-order valence-electron chi connectivity index (χ1n) is 6.31. The summed E-state index contributed by atoms with van der Waals surface area (Å²) in [6.07, 6.45) is -0.395. The van der Waals surface area contributed by atoms with Gasteiger partial charge in [-0.05, 0) is 18.6 Å². The van der Waals surface area contributed by atoms with E-state index >= 15 is 0 Å². The Kier molecular flexibility index (Phi) is 3.93. The minimum absolute atomic E-state index is 0.0103. The monoisotopic (exact) mass is 296 g/mol. The van der Waals surface area contributed by atoms with E-state index in [9.17, 15) is 18.4 Å². The van der Waals surface area contributed by atoms with Gasteiger partial charge in [-0.15, -0.1) is 0 Å². The number of benzene rings is 1. The molecule has 0 radical (unpaired) electrons. The molecule has 0 fully saturated rings. The molecule has 1 aromatic carbocycles. The molecule has 7 heteroatoms. The number of carbonyl (C=O) groups is 2. The summed E-state index contributed by atoms with van der Waals surface area (Å²) in [5.74, 6) is -6.30. The maximum Gasteiger partial charge on any atom is 0.383 e. The summed E-state index contributed by atoms with van der Waals surface area (Å²) in [6, 6.07) is 6.45. The van der Waals surface area contributed by atoms with Crippen LogP contribution in [0.5, 0.6) is 0 Å². The number of esters is 1. The second kappa shape index (κ2) is 5.51. The Bertz CT molecular complexity index is 695. The molecule has 2 rings (SSSR count). The molecule has 1 heterocycles. The van der Waals surface area contributed by atoms with E-state index in [0.29, 0.717) is 10.9 Å². The van der Waals surface area contributed by atoms with Gasteiger partial charge in [0, 0.05) is 10.9 Å². The molecule has 0 aliphatic heterocycles. The summed E-state index contributed by atoms with van der Waals surface area (Å²) < 4.78 is 32.8. The molecule has 21 heavy (non-hydrogen) atoms. The van der Waals surface area contributed by atoms with Crippen LogP contribution in [0.4, 0.5) is 8.78 Å². The van der Waals surface area contributed by atoms with Gasteiger partial charge in [0.25, 0.3) is 0 Å². The van der Waals surface area contributed by atoms with Gasteiger partial charge in [0.05, 0.1) is 13.0 Å². The predicted molar refractivity (Wildman–Crippen MR) is 71.7 cm³/mol. The third-order valence-corrected chi connectivity index (χ3v) is 3.01. The predicted octanol–water partition coefficient (Wildman–Crippen LogP) is 1.85. The summed E-state index contributed by atoms with van der Waals surface area (Å²) in [5, 5.41) is 0.426. The number of fused-ring (bicyclic) bond motifs is 1. The van der Waals surface area contributed by atoms with E-state index < -0.39 is 29.9 Å². The van der Waals surface area contributed by atoms with Crippen molar-refractivity contribution in [3.05, 3.63) is 35.5 Å². The van der Waals surface area contributed by atoms with E-state index in [4.69, 9.17) is 5.73 Å². The molecule has 0 spiro atoms. The minimum Gasteiger partial charge on any atom is -0.461 e. The fraction of sp³-hybridized carbons (Fsp3) is 0.286. The lowest BCUT2D eigenvalue weighted by atomic mass is 10.0. The number of primary amides is 1. The number of H-pyrrole nitrogens is 1. The van der Waals surface area contributed by atoms with Crippen LogP contribution in [0.3, 0.4) is 0 Å². The Balaban J connectivity index is 2.61. The van der Waals surface area contributed by atoms with E-state index in [1.165, 1.54) is 6.92 Å². The Labute approximate surface area is 119 Å². The fourth-order valence-corrected chi connectivity index (χ4v) is 2.15. The highest BCUT2D eigenvalue weighted by molar-refractivity contribution is 5.92. The molecule has 0 bridgehead atoms. The highest BCUT2D eigenvalue weighted by Crippen LogP contribution is 2.35. The Morgan fingerprint density at radius 2 is 2.00 bits per heavy atom. The number of rotatable bonds is 5. The number of hydrogen-bond acceptors (Lipinski definition) is 3. The van der Waals surface area contributed by atoms with Crippen LogP contribution in [0.25, 0.3) is 10.9 Å². The fourth-order valence-electron chi connectivity index (χ4n) is 2.15. The molecule has 0 unspecified atom stereocenters. The van der Waals surface area contributed by atoms with Crippen molar-refractivity contribution in [1.82, 2.24) is 4.98 Å². The van der Waals surface area contributed by atoms with Crippen LogP contribution >= 0.6 is 0 Å². The molecule has 0 atom stereocenters. The zero-order valence-electron chi connectivity index (χ0n) is 11.3. The zero-order valence-corrected chi connectivity index (χ0v) is 11.3. The van der Waals surface area contributed by atoms with Gasteiger partial charge >= 0.3 is 11.9 Å². The number of ether oxygens (including phenoxy) is 1. The summed E-state index contributed by atoms with van der Waals surface area (Å²) in [5.41, 5.74) is 4.86. The normalized spacial score (nSPS) is 11.6. The summed E-state index contributed by atoms with van der Waals surface area (Å²) in [4.78, 5) is 25.1. The molecular formula is C14H14F2N2O3. The van der Waals surface area contributed by atoms with Crippen LogP contribution in [0, 0.1) is 0 Å². The number of para-hydroxylation sites is 1. The first-order valence-corrected chi connectivity index (χ1v) is 6.31. The maximum atomic E-state index is 14.2. The maximum absolute atomic E-state index is 14.2. The van der Waals surface area contributed by atoms with Gasteiger partial charge in [-0.25, -0.2) is 4.79 Å². The number of aromatic amines is 1. The average molecular weight is 296 g/mol. The topological polar surface area (TPSA) is 85.2 Å². The van der Waals surface area contributed by atoms with Crippen molar-refractivity contribution in [2.24, 2.45) is 5.73 Å². The number of aromatic nitrogens is 1. The van der Waals surface area contributed by atoms with Crippen molar-refractivity contribution in [1.29, 1.82) is 0 Å². The first-order chi connectivity index (χ1) is 9.87. The van der Waals surface area contributed by atoms with Gasteiger partial charge < -0.3 is 15.5 Å². The van der Waals surface area contributed by atoms with Crippen LogP contribution in [-0.2, 0) is 26.7 Å². The molecule has 0 saturated heterocycles. The molecule has 1 amide bonds.